The summed E-state index contributed by atoms with van der Waals surface area (Å²) in [5.41, 5.74) is -0.616. The third-order valence-corrected chi connectivity index (χ3v) is 2.90. The normalized spacial score (nSPS) is 14.8. The van der Waals surface area contributed by atoms with Crippen LogP contribution in [0.3, 0.4) is 0 Å². The maximum absolute atomic E-state index is 9.47. The summed E-state index contributed by atoms with van der Waals surface area (Å²) in [4.78, 5) is 0. The van der Waals surface area contributed by atoms with Crippen LogP contribution < -0.4 is 0 Å². The molecule has 0 aromatic heterocycles. The van der Waals surface area contributed by atoms with E-state index in [1.165, 1.54) is 0 Å². The summed E-state index contributed by atoms with van der Waals surface area (Å²) in [6.45, 7) is 7.39. The summed E-state index contributed by atoms with van der Waals surface area (Å²) >= 11 is 0. The summed E-state index contributed by atoms with van der Waals surface area (Å²) < 4.78 is 0. The number of aliphatic hydroxyl groups is 4. The fourth-order valence-corrected chi connectivity index (χ4v) is 1.29. The van der Waals surface area contributed by atoms with Crippen LogP contribution in [0.2, 0.25) is 0 Å². The SMILES string of the molecule is CC(O)CCC(C)O.CCC(O)(CC)CCO. The van der Waals surface area contributed by atoms with Crippen molar-refractivity contribution in [1.82, 2.24) is 0 Å². The molecule has 0 fully saturated rings. The Hall–Kier alpha value is -0.160. The van der Waals surface area contributed by atoms with Gasteiger partial charge in [0.25, 0.3) is 0 Å². The van der Waals surface area contributed by atoms with Crippen molar-refractivity contribution in [2.24, 2.45) is 0 Å². The van der Waals surface area contributed by atoms with E-state index in [1.807, 2.05) is 13.8 Å². The second-order valence-electron chi connectivity index (χ2n) is 4.68. The largest absolute Gasteiger partial charge is 0.396 e. The molecule has 17 heavy (non-hydrogen) atoms. The van der Waals surface area contributed by atoms with Gasteiger partial charge in [-0.3, -0.25) is 0 Å². The summed E-state index contributed by atoms with van der Waals surface area (Å²) in [7, 11) is 0. The summed E-state index contributed by atoms with van der Waals surface area (Å²) in [5, 5.41) is 35.4. The van der Waals surface area contributed by atoms with Gasteiger partial charge >= 0.3 is 0 Å². The first-order valence-electron chi connectivity index (χ1n) is 6.50. The molecule has 106 valence electrons. The van der Waals surface area contributed by atoms with Crippen molar-refractivity contribution in [2.75, 3.05) is 6.61 Å². The maximum Gasteiger partial charge on any atom is 0.0664 e. The van der Waals surface area contributed by atoms with Crippen LogP contribution >= 0.6 is 0 Å². The Morgan fingerprint density at radius 1 is 0.941 bits per heavy atom. The van der Waals surface area contributed by atoms with Gasteiger partial charge in [-0.1, -0.05) is 13.8 Å². The smallest absolute Gasteiger partial charge is 0.0664 e. The Balaban J connectivity index is 0. The highest BCUT2D eigenvalue weighted by Gasteiger charge is 2.20. The first-order chi connectivity index (χ1) is 7.81. The predicted octanol–water partition coefficient (Wildman–Crippen LogP) is 1.45. The molecule has 0 bridgehead atoms. The minimum absolute atomic E-state index is 0.0815. The van der Waals surface area contributed by atoms with E-state index in [2.05, 4.69) is 0 Å². The first-order valence-corrected chi connectivity index (χ1v) is 6.50. The highest BCUT2D eigenvalue weighted by Crippen LogP contribution is 2.17. The van der Waals surface area contributed by atoms with Crippen molar-refractivity contribution < 1.29 is 20.4 Å². The molecule has 2 atom stereocenters. The zero-order valence-corrected chi connectivity index (χ0v) is 11.7. The second-order valence-corrected chi connectivity index (χ2v) is 4.68. The average Bonchev–Trinajstić information content (AvgIpc) is 2.27. The topological polar surface area (TPSA) is 80.9 Å². The molecule has 2 unspecified atom stereocenters. The van der Waals surface area contributed by atoms with Crippen LogP contribution in [0.4, 0.5) is 0 Å². The first kappa shape index (κ1) is 19.2. The average molecular weight is 250 g/mol. The molecule has 0 aromatic rings. The van der Waals surface area contributed by atoms with Gasteiger partial charge in [-0.25, -0.2) is 0 Å². The Kier molecular flexibility index (Phi) is 12.4. The highest BCUT2D eigenvalue weighted by atomic mass is 16.3. The molecule has 0 aliphatic heterocycles. The van der Waals surface area contributed by atoms with Gasteiger partial charge < -0.3 is 20.4 Å². The Morgan fingerprint density at radius 2 is 1.29 bits per heavy atom. The van der Waals surface area contributed by atoms with Crippen LogP contribution in [-0.2, 0) is 0 Å². The molecule has 4 N–H and O–H groups in total. The van der Waals surface area contributed by atoms with Crippen LogP contribution in [0.25, 0.3) is 0 Å². The van der Waals surface area contributed by atoms with Crippen LogP contribution in [-0.4, -0.2) is 44.8 Å². The molecule has 4 nitrogen and oxygen atoms in total. The van der Waals surface area contributed by atoms with E-state index in [1.54, 1.807) is 13.8 Å². The van der Waals surface area contributed by atoms with Crippen LogP contribution in [0.5, 0.6) is 0 Å². The van der Waals surface area contributed by atoms with Crippen molar-refractivity contribution in [3.05, 3.63) is 0 Å². The molecular formula is C13H30O4. The van der Waals surface area contributed by atoms with E-state index >= 15 is 0 Å². The standard InChI is InChI=1S/C7H16O2.C6H14O2/c1-3-7(9,4-2)5-6-8;1-5(7)3-4-6(2)8/h8-9H,3-6H2,1-2H3;5-8H,3-4H2,1-2H3. The molecule has 0 radical (unpaired) electrons. The van der Waals surface area contributed by atoms with E-state index in [9.17, 15) is 5.11 Å². The van der Waals surface area contributed by atoms with E-state index < -0.39 is 5.60 Å². The monoisotopic (exact) mass is 250 g/mol. The lowest BCUT2D eigenvalue weighted by Crippen LogP contribution is -2.27. The van der Waals surface area contributed by atoms with E-state index in [-0.39, 0.29) is 18.8 Å². The minimum Gasteiger partial charge on any atom is -0.396 e. The molecule has 0 spiro atoms. The van der Waals surface area contributed by atoms with Crippen LogP contribution in [0.15, 0.2) is 0 Å². The molecule has 0 aliphatic rings. The summed E-state index contributed by atoms with van der Waals surface area (Å²) in [6, 6.07) is 0. The molecule has 0 saturated carbocycles. The Morgan fingerprint density at radius 3 is 1.41 bits per heavy atom. The van der Waals surface area contributed by atoms with Gasteiger partial charge in [0.1, 0.15) is 0 Å². The van der Waals surface area contributed by atoms with Crippen molar-refractivity contribution in [3.63, 3.8) is 0 Å². The molecule has 0 aromatic carbocycles. The van der Waals surface area contributed by atoms with Gasteiger partial charge in [-0.15, -0.1) is 0 Å². The molecule has 0 rings (SSSR count). The maximum atomic E-state index is 9.47. The lowest BCUT2D eigenvalue weighted by atomic mass is 9.94. The Bertz CT molecular complexity index is 145. The van der Waals surface area contributed by atoms with Gasteiger partial charge in [0.05, 0.1) is 17.8 Å². The number of aliphatic hydroxyl groups excluding tert-OH is 3. The molecular weight excluding hydrogens is 220 g/mol. The third kappa shape index (κ3) is 13.8. The van der Waals surface area contributed by atoms with Crippen molar-refractivity contribution in [1.29, 1.82) is 0 Å². The predicted molar refractivity (Wildman–Crippen MR) is 69.8 cm³/mol. The van der Waals surface area contributed by atoms with Crippen molar-refractivity contribution in [2.45, 2.75) is 77.6 Å². The third-order valence-electron chi connectivity index (χ3n) is 2.90. The zero-order chi connectivity index (χ0) is 13.9. The fraction of sp³-hybridized carbons (Fsp3) is 1.00. The second kappa shape index (κ2) is 11.0. The van der Waals surface area contributed by atoms with E-state index in [4.69, 9.17) is 15.3 Å². The minimum atomic E-state index is -0.616. The van der Waals surface area contributed by atoms with Gasteiger partial charge in [-0.2, -0.15) is 0 Å². The van der Waals surface area contributed by atoms with E-state index in [0.29, 0.717) is 19.3 Å². The Labute approximate surface area is 105 Å². The molecule has 0 amide bonds. The quantitative estimate of drug-likeness (QED) is 0.551. The zero-order valence-electron chi connectivity index (χ0n) is 11.7. The lowest BCUT2D eigenvalue weighted by Gasteiger charge is -2.23. The number of hydrogen-bond donors (Lipinski definition) is 4. The van der Waals surface area contributed by atoms with Gasteiger partial charge in [0, 0.05) is 6.61 Å². The fourth-order valence-electron chi connectivity index (χ4n) is 1.29. The van der Waals surface area contributed by atoms with Crippen LogP contribution in [0.1, 0.15) is 59.8 Å². The molecule has 0 heterocycles. The van der Waals surface area contributed by atoms with E-state index in [0.717, 1.165) is 12.8 Å². The van der Waals surface area contributed by atoms with Crippen molar-refractivity contribution >= 4 is 0 Å². The van der Waals surface area contributed by atoms with Crippen LogP contribution in [0, 0.1) is 0 Å². The number of rotatable bonds is 7. The molecule has 0 aliphatic carbocycles. The summed E-state index contributed by atoms with van der Waals surface area (Å²) in [5.74, 6) is 0. The lowest BCUT2D eigenvalue weighted by molar-refractivity contribution is 0.00872. The molecule has 4 heteroatoms. The van der Waals surface area contributed by atoms with Crippen molar-refractivity contribution in [3.8, 4) is 0 Å². The van der Waals surface area contributed by atoms with Gasteiger partial charge in [0.2, 0.25) is 0 Å². The molecule has 0 saturated heterocycles. The highest BCUT2D eigenvalue weighted by molar-refractivity contribution is 4.73. The summed E-state index contributed by atoms with van der Waals surface area (Å²) in [6.07, 6.45) is 2.79. The van der Waals surface area contributed by atoms with Gasteiger partial charge in [0.15, 0.2) is 0 Å². The van der Waals surface area contributed by atoms with Gasteiger partial charge in [-0.05, 0) is 46.0 Å². The number of hydrogen-bond acceptors (Lipinski definition) is 4.